The molecule has 6 heteroatoms. The van der Waals surface area contributed by atoms with Crippen LogP contribution in [0.25, 0.3) is 0 Å². The largest absolute Gasteiger partial charge is 0.462 e. The summed E-state index contributed by atoms with van der Waals surface area (Å²) in [5, 5.41) is 0. The molecular weight excluding hydrogens is 877 g/mol. The van der Waals surface area contributed by atoms with Crippen LogP contribution in [0.15, 0.2) is 0 Å². The van der Waals surface area contributed by atoms with E-state index in [9.17, 15) is 14.4 Å². The average Bonchev–Trinajstić information content (AvgIpc) is 3.37. The van der Waals surface area contributed by atoms with E-state index in [0.717, 1.165) is 57.8 Å². The second-order valence-corrected chi connectivity index (χ2v) is 22.4. The molecule has 0 fully saturated rings. The number of carbonyl (C=O) groups excluding carboxylic acids is 3. The van der Waals surface area contributed by atoms with Gasteiger partial charge in [-0.3, -0.25) is 14.4 Å². The Hall–Kier alpha value is -1.59. The lowest BCUT2D eigenvalue weighted by molar-refractivity contribution is -0.167. The summed E-state index contributed by atoms with van der Waals surface area (Å²) in [6, 6.07) is 0. The van der Waals surface area contributed by atoms with Gasteiger partial charge in [-0.25, -0.2) is 0 Å². The molecule has 0 amide bonds. The highest BCUT2D eigenvalue weighted by atomic mass is 16.6. The molecule has 0 aliphatic carbocycles. The first-order valence-corrected chi connectivity index (χ1v) is 32.5. The summed E-state index contributed by atoms with van der Waals surface area (Å²) in [7, 11) is 0. The van der Waals surface area contributed by atoms with Crippen LogP contribution in [-0.4, -0.2) is 37.2 Å². The molecule has 0 saturated heterocycles. The van der Waals surface area contributed by atoms with Crippen molar-refractivity contribution in [1.82, 2.24) is 0 Å². The number of rotatable bonds is 61. The van der Waals surface area contributed by atoms with Gasteiger partial charge in [0.1, 0.15) is 13.2 Å². The summed E-state index contributed by atoms with van der Waals surface area (Å²) in [5.74, 6) is -0.829. The topological polar surface area (TPSA) is 78.9 Å². The molecule has 0 spiro atoms. The molecule has 1 unspecified atom stereocenters. The maximum Gasteiger partial charge on any atom is 0.306 e. The van der Waals surface area contributed by atoms with E-state index < -0.39 is 6.10 Å². The second-order valence-electron chi connectivity index (χ2n) is 22.4. The van der Waals surface area contributed by atoms with Gasteiger partial charge in [-0.15, -0.1) is 0 Å². The predicted octanol–water partition coefficient (Wildman–Crippen LogP) is 21.9. The zero-order chi connectivity index (χ0) is 51.4. The summed E-state index contributed by atoms with van der Waals surface area (Å²) in [6.45, 7) is 6.71. The Labute approximate surface area is 444 Å². The molecule has 71 heavy (non-hydrogen) atoms. The predicted molar refractivity (Wildman–Crippen MR) is 307 cm³/mol. The van der Waals surface area contributed by atoms with Gasteiger partial charge in [0.25, 0.3) is 0 Å². The Morgan fingerprint density at radius 1 is 0.225 bits per heavy atom. The number of esters is 3. The highest BCUT2D eigenvalue weighted by molar-refractivity contribution is 5.71. The van der Waals surface area contributed by atoms with Crippen LogP contribution in [0.5, 0.6) is 0 Å². The molecule has 0 aliphatic heterocycles. The van der Waals surface area contributed by atoms with Crippen molar-refractivity contribution in [1.29, 1.82) is 0 Å². The Kier molecular flexibility index (Phi) is 59.6. The summed E-state index contributed by atoms with van der Waals surface area (Å²) < 4.78 is 16.9. The maximum atomic E-state index is 12.9. The molecule has 0 bridgehead atoms. The van der Waals surface area contributed by atoms with E-state index in [0.29, 0.717) is 19.3 Å². The van der Waals surface area contributed by atoms with E-state index in [1.54, 1.807) is 0 Å². The average molecular weight is 1000 g/mol. The first-order valence-electron chi connectivity index (χ1n) is 32.5. The van der Waals surface area contributed by atoms with Crippen molar-refractivity contribution in [3.63, 3.8) is 0 Å². The Bertz CT molecular complexity index is 1060. The van der Waals surface area contributed by atoms with Crippen molar-refractivity contribution >= 4 is 17.9 Å². The van der Waals surface area contributed by atoms with Crippen LogP contribution in [0.3, 0.4) is 0 Å². The quantitative estimate of drug-likeness (QED) is 0.0343. The maximum absolute atomic E-state index is 12.9. The standard InChI is InChI=1S/C65H126O6/c1-4-7-10-13-16-19-22-24-26-28-30-31-32-33-34-35-36-38-39-41-43-46-49-52-55-58-64(67)70-61-62(60-69-63(66)57-54-51-48-45-21-18-15-12-9-6-3)71-65(68)59-56-53-50-47-44-42-40-37-29-27-25-23-20-17-14-11-8-5-2/h62H,4-61H2,1-3H3. The van der Waals surface area contributed by atoms with Crippen LogP contribution in [0.4, 0.5) is 0 Å². The van der Waals surface area contributed by atoms with Crippen LogP contribution in [0.1, 0.15) is 380 Å². The van der Waals surface area contributed by atoms with Gasteiger partial charge in [0.05, 0.1) is 0 Å². The van der Waals surface area contributed by atoms with Gasteiger partial charge in [0.2, 0.25) is 0 Å². The fourth-order valence-corrected chi connectivity index (χ4v) is 10.2. The lowest BCUT2D eigenvalue weighted by Gasteiger charge is -2.18. The zero-order valence-electron chi connectivity index (χ0n) is 48.5. The zero-order valence-corrected chi connectivity index (χ0v) is 48.5. The molecule has 0 rings (SSSR count). The summed E-state index contributed by atoms with van der Waals surface area (Å²) in [5.41, 5.74) is 0. The monoisotopic (exact) mass is 1000 g/mol. The SMILES string of the molecule is CCCCCCCCCCCCCCCCCCCCCCCCCCCC(=O)OCC(COC(=O)CCCCCCCCCCCC)OC(=O)CCCCCCCCCCCCCCCCCCCC. The third-order valence-corrected chi connectivity index (χ3v) is 15.1. The molecule has 1 atom stereocenters. The highest BCUT2D eigenvalue weighted by Crippen LogP contribution is 2.19. The van der Waals surface area contributed by atoms with Crippen LogP contribution in [0, 0.1) is 0 Å². The van der Waals surface area contributed by atoms with E-state index in [4.69, 9.17) is 14.2 Å². The molecule has 0 aromatic heterocycles. The lowest BCUT2D eigenvalue weighted by Crippen LogP contribution is -2.30. The third-order valence-electron chi connectivity index (χ3n) is 15.1. The van der Waals surface area contributed by atoms with Crippen molar-refractivity contribution in [3.05, 3.63) is 0 Å². The van der Waals surface area contributed by atoms with Gasteiger partial charge in [0, 0.05) is 19.3 Å². The molecule has 422 valence electrons. The molecule has 6 nitrogen and oxygen atoms in total. The van der Waals surface area contributed by atoms with Crippen molar-refractivity contribution in [2.75, 3.05) is 13.2 Å². The molecule has 0 aromatic rings. The van der Waals surface area contributed by atoms with Crippen molar-refractivity contribution in [3.8, 4) is 0 Å². The third kappa shape index (κ3) is 59.2. The van der Waals surface area contributed by atoms with Gasteiger partial charge in [-0.05, 0) is 19.3 Å². The Balaban J connectivity index is 4.13. The minimum absolute atomic E-state index is 0.0608. The van der Waals surface area contributed by atoms with E-state index in [1.807, 2.05) is 0 Å². The van der Waals surface area contributed by atoms with Gasteiger partial charge in [-0.1, -0.05) is 342 Å². The highest BCUT2D eigenvalue weighted by Gasteiger charge is 2.19. The summed E-state index contributed by atoms with van der Waals surface area (Å²) in [4.78, 5) is 38.2. The van der Waals surface area contributed by atoms with Crippen LogP contribution in [-0.2, 0) is 28.6 Å². The van der Waals surface area contributed by atoms with Crippen molar-refractivity contribution < 1.29 is 28.6 Å². The molecule has 0 heterocycles. The summed E-state index contributed by atoms with van der Waals surface area (Å²) >= 11 is 0. The van der Waals surface area contributed by atoms with E-state index in [1.165, 1.54) is 283 Å². The Morgan fingerprint density at radius 2 is 0.380 bits per heavy atom. The first-order chi connectivity index (χ1) is 35.0. The van der Waals surface area contributed by atoms with Gasteiger partial charge >= 0.3 is 17.9 Å². The molecule has 0 N–H and O–H groups in total. The second kappa shape index (κ2) is 61.0. The fourth-order valence-electron chi connectivity index (χ4n) is 10.2. The summed E-state index contributed by atoms with van der Waals surface area (Å²) in [6.07, 6.45) is 69.8. The minimum Gasteiger partial charge on any atom is -0.462 e. The minimum atomic E-state index is -0.761. The molecule has 0 aliphatic rings. The van der Waals surface area contributed by atoms with Crippen LogP contribution in [0.2, 0.25) is 0 Å². The normalized spacial score (nSPS) is 11.9. The van der Waals surface area contributed by atoms with E-state index in [-0.39, 0.29) is 31.1 Å². The number of carbonyl (C=O) groups is 3. The van der Waals surface area contributed by atoms with Crippen LogP contribution < -0.4 is 0 Å². The molecule has 0 aromatic carbocycles. The van der Waals surface area contributed by atoms with E-state index in [2.05, 4.69) is 20.8 Å². The first kappa shape index (κ1) is 69.4. The lowest BCUT2D eigenvalue weighted by atomic mass is 10.0. The number of hydrogen-bond acceptors (Lipinski definition) is 6. The van der Waals surface area contributed by atoms with Gasteiger partial charge < -0.3 is 14.2 Å². The number of ether oxygens (including phenoxy) is 3. The molecular formula is C65H126O6. The van der Waals surface area contributed by atoms with Crippen molar-refractivity contribution in [2.24, 2.45) is 0 Å². The smallest absolute Gasteiger partial charge is 0.306 e. The fraction of sp³-hybridized carbons (Fsp3) is 0.954. The van der Waals surface area contributed by atoms with Crippen molar-refractivity contribution in [2.45, 2.75) is 386 Å². The number of hydrogen-bond donors (Lipinski definition) is 0. The number of unbranched alkanes of at least 4 members (excludes halogenated alkanes) is 50. The Morgan fingerprint density at radius 3 is 0.563 bits per heavy atom. The van der Waals surface area contributed by atoms with Gasteiger partial charge in [-0.2, -0.15) is 0 Å². The molecule has 0 radical (unpaired) electrons. The molecule has 0 saturated carbocycles. The van der Waals surface area contributed by atoms with Crippen LogP contribution >= 0.6 is 0 Å². The van der Waals surface area contributed by atoms with E-state index >= 15 is 0 Å². The van der Waals surface area contributed by atoms with Gasteiger partial charge in [0.15, 0.2) is 6.10 Å².